The van der Waals surface area contributed by atoms with Crippen molar-refractivity contribution in [1.82, 2.24) is 5.32 Å². The van der Waals surface area contributed by atoms with E-state index in [1.54, 1.807) is 0 Å². The average Bonchev–Trinajstić information content (AvgIpc) is 1.85. The van der Waals surface area contributed by atoms with Crippen molar-refractivity contribution in [2.75, 3.05) is 13.1 Å². The molecule has 0 fully saturated rings. The van der Waals surface area contributed by atoms with Gasteiger partial charge in [-0.1, -0.05) is 20.8 Å². The van der Waals surface area contributed by atoms with E-state index < -0.39 is 0 Å². The minimum atomic E-state index is 0. The van der Waals surface area contributed by atoms with Gasteiger partial charge in [0, 0.05) is 18.5 Å². The molecule has 0 aliphatic carbocycles. The molecule has 2 nitrogen and oxygen atoms in total. The molecule has 0 aromatic heterocycles. The van der Waals surface area contributed by atoms with Gasteiger partial charge in [-0.2, -0.15) is 0 Å². The minimum Gasteiger partial charge on any atom is -0.374 e. The van der Waals surface area contributed by atoms with Gasteiger partial charge in [-0.3, -0.25) is 4.99 Å². The van der Waals surface area contributed by atoms with Gasteiger partial charge in [0.2, 0.25) is 0 Å². The summed E-state index contributed by atoms with van der Waals surface area (Å²) in [5.74, 6) is 1.11. The van der Waals surface area contributed by atoms with Crippen LogP contribution in [0.2, 0.25) is 0 Å². The zero-order valence-electron chi connectivity index (χ0n) is 8.77. The molecule has 0 bridgehead atoms. The van der Waals surface area contributed by atoms with Gasteiger partial charge >= 0.3 is 0 Å². The second-order valence-electron chi connectivity index (χ2n) is 3.60. The molecule has 0 amide bonds. The highest BCUT2D eigenvalue weighted by Crippen LogP contribution is 2.13. The third kappa shape index (κ3) is 5.42. The highest BCUT2D eigenvalue weighted by atomic mass is 35.5. The predicted octanol–water partition coefficient (Wildman–Crippen LogP) is 2.48. The van der Waals surface area contributed by atoms with E-state index in [4.69, 9.17) is 0 Å². The van der Waals surface area contributed by atoms with Crippen LogP contribution in [0, 0.1) is 5.41 Å². The molecular weight excluding hydrogens is 172 g/mol. The first kappa shape index (κ1) is 14.3. The molecule has 0 aliphatic rings. The van der Waals surface area contributed by atoms with Gasteiger partial charge in [0.25, 0.3) is 0 Å². The van der Waals surface area contributed by atoms with Crippen molar-refractivity contribution in [2.45, 2.75) is 34.6 Å². The Labute approximate surface area is 82.3 Å². The molecule has 0 atom stereocenters. The Bertz CT molecular complexity index is 136. The number of rotatable bonds is 2. The van der Waals surface area contributed by atoms with Crippen molar-refractivity contribution in [3.8, 4) is 0 Å². The van der Waals surface area contributed by atoms with Gasteiger partial charge in [0.15, 0.2) is 0 Å². The largest absolute Gasteiger partial charge is 0.374 e. The summed E-state index contributed by atoms with van der Waals surface area (Å²) >= 11 is 0. The van der Waals surface area contributed by atoms with Crippen LogP contribution in [0.15, 0.2) is 4.99 Å². The lowest BCUT2D eigenvalue weighted by molar-refractivity contribution is 0.563. The normalized spacial score (nSPS) is 12.2. The summed E-state index contributed by atoms with van der Waals surface area (Å²) in [4.78, 5) is 4.39. The Balaban J connectivity index is 0. The topological polar surface area (TPSA) is 24.4 Å². The molecule has 0 saturated carbocycles. The summed E-state index contributed by atoms with van der Waals surface area (Å²) in [6, 6.07) is 0. The molecular formula is C9H21ClN2. The zero-order valence-corrected chi connectivity index (χ0v) is 9.59. The molecule has 0 spiro atoms. The summed E-state index contributed by atoms with van der Waals surface area (Å²) in [5.41, 5.74) is 0.159. The molecule has 0 radical (unpaired) electrons. The quantitative estimate of drug-likeness (QED) is 0.528. The molecule has 3 heteroatoms. The van der Waals surface area contributed by atoms with Crippen molar-refractivity contribution in [3.05, 3.63) is 0 Å². The number of hydrogen-bond donors (Lipinski definition) is 1. The minimum absolute atomic E-state index is 0. The summed E-state index contributed by atoms with van der Waals surface area (Å²) in [6.45, 7) is 12.5. The van der Waals surface area contributed by atoms with Gasteiger partial charge in [-0.05, 0) is 13.8 Å². The number of nitrogens with one attached hydrogen (secondary N) is 1. The molecule has 0 aromatic rings. The van der Waals surface area contributed by atoms with Gasteiger partial charge in [0.1, 0.15) is 5.84 Å². The van der Waals surface area contributed by atoms with Gasteiger partial charge in [0.05, 0.1) is 0 Å². The van der Waals surface area contributed by atoms with Crippen molar-refractivity contribution in [2.24, 2.45) is 10.4 Å². The van der Waals surface area contributed by atoms with E-state index in [1.807, 2.05) is 0 Å². The third-order valence-corrected chi connectivity index (χ3v) is 1.37. The standard InChI is InChI=1S/C9H20N2.ClH/c1-6-10-8(11-7-2)9(3,4)5;/h6-7H2,1-5H3,(H,10,11);1H. The fourth-order valence-corrected chi connectivity index (χ4v) is 0.884. The van der Waals surface area contributed by atoms with Crippen LogP contribution in [0.3, 0.4) is 0 Å². The average molecular weight is 193 g/mol. The van der Waals surface area contributed by atoms with Gasteiger partial charge in [-0.15, -0.1) is 12.4 Å². The van der Waals surface area contributed by atoms with Crippen molar-refractivity contribution >= 4 is 18.2 Å². The number of amidine groups is 1. The maximum absolute atomic E-state index is 4.39. The molecule has 0 heterocycles. The zero-order chi connectivity index (χ0) is 8.91. The van der Waals surface area contributed by atoms with Crippen molar-refractivity contribution in [1.29, 1.82) is 0 Å². The van der Waals surface area contributed by atoms with Crippen LogP contribution in [0.1, 0.15) is 34.6 Å². The van der Waals surface area contributed by atoms with Crippen LogP contribution in [0.25, 0.3) is 0 Å². The van der Waals surface area contributed by atoms with Crippen molar-refractivity contribution in [3.63, 3.8) is 0 Å². The van der Waals surface area contributed by atoms with Crippen LogP contribution in [-0.4, -0.2) is 18.9 Å². The first-order valence-electron chi connectivity index (χ1n) is 4.31. The summed E-state index contributed by atoms with van der Waals surface area (Å²) in [5, 5.41) is 3.27. The Hall–Kier alpha value is -0.240. The molecule has 0 unspecified atom stereocenters. The second kappa shape index (κ2) is 6.30. The SMILES string of the molecule is CCN=C(NCC)C(C)(C)C.Cl. The fourth-order valence-electron chi connectivity index (χ4n) is 0.884. The third-order valence-electron chi connectivity index (χ3n) is 1.37. The molecule has 0 rings (SSSR count). The Morgan fingerprint density at radius 1 is 1.25 bits per heavy atom. The fraction of sp³-hybridized carbons (Fsp3) is 0.889. The van der Waals surface area contributed by atoms with E-state index in [9.17, 15) is 0 Å². The molecule has 0 aliphatic heterocycles. The van der Waals surface area contributed by atoms with Crippen LogP contribution in [0.5, 0.6) is 0 Å². The summed E-state index contributed by atoms with van der Waals surface area (Å²) in [6.07, 6.45) is 0. The second-order valence-corrected chi connectivity index (χ2v) is 3.60. The van der Waals surface area contributed by atoms with E-state index in [0.29, 0.717) is 0 Å². The lowest BCUT2D eigenvalue weighted by Gasteiger charge is -2.22. The first-order valence-corrected chi connectivity index (χ1v) is 4.31. The Morgan fingerprint density at radius 3 is 2.00 bits per heavy atom. The van der Waals surface area contributed by atoms with Crippen molar-refractivity contribution < 1.29 is 0 Å². The van der Waals surface area contributed by atoms with Crippen LogP contribution in [-0.2, 0) is 0 Å². The molecule has 0 saturated heterocycles. The highest BCUT2D eigenvalue weighted by Gasteiger charge is 2.17. The van der Waals surface area contributed by atoms with E-state index in [1.165, 1.54) is 0 Å². The predicted molar refractivity (Wildman–Crippen MR) is 58.4 cm³/mol. The van der Waals surface area contributed by atoms with E-state index >= 15 is 0 Å². The maximum atomic E-state index is 4.39. The summed E-state index contributed by atoms with van der Waals surface area (Å²) in [7, 11) is 0. The first-order chi connectivity index (χ1) is 5.02. The van der Waals surface area contributed by atoms with Crippen LogP contribution in [0.4, 0.5) is 0 Å². The molecule has 0 aromatic carbocycles. The Kier molecular flexibility index (Phi) is 7.50. The number of hydrogen-bond acceptors (Lipinski definition) is 1. The van der Waals surface area contributed by atoms with Crippen LogP contribution < -0.4 is 5.32 Å². The number of nitrogens with zero attached hydrogens (tertiary/aromatic N) is 1. The van der Waals surface area contributed by atoms with E-state index in [0.717, 1.165) is 18.9 Å². The number of aliphatic imine (C=N–C) groups is 1. The molecule has 12 heavy (non-hydrogen) atoms. The highest BCUT2D eigenvalue weighted by molar-refractivity contribution is 5.87. The number of halogens is 1. The van der Waals surface area contributed by atoms with Crippen LogP contribution >= 0.6 is 12.4 Å². The smallest absolute Gasteiger partial charge is 0.102 e. The summed E-state index contributed by atoms with van der Waals surface area (Å²) < 4.78 is 0. The Morgan fingerprint density at radius 2 is 1.75 bits per heavy atom. The monoisotopic (exact) mass is 192 g/mol. The van der Waals surface area contributed by atoms with E-state index in [2.05, 4.69) is 44.9 Å². The maximum Gasteiger partial charge on any atom is 0.102 e. The van der Waals surface area contributed by atoms with Gasteiger partial charge < -0.3 is 5.32 Å². The molecule has 1 N–H and O–H groups in total. The molecule has 74 valence electrons. The van der Waals surface area contributed by atoms with Gasteiger partial charge in [-0.25, -0.2) is 0 Å². The van der Waals surface area contributed by atoms with E-state index in [-0.39, 0.29) is 17.8 Å². The lowest BCUT2D eigenvalue weighted by Crippen LogP contribution is -2.35. The lowest BCUT2D eigenvalue weighted by atomic mass is 9.95.